The van der Waals surface area contributed by atoms with E-state index >= 15 is 0 Å². The topological polar surface area (TPSA) is 75.8 Å². The van der Waals surface area contributed by atoms with Crippen molar-refractivity contribution in [2.24, 2.45) is 5.92 Å². The maximum absolute atomic E-state index is 10.2. The molecule has 1 N–H and O–H groups in total. The number of hydrogen-bond acceptors (Lipinski definition) is 5. The Kier molecular flexibility index (Phi) is 3.99. The summed E-state index contributed by atoms with van der Waals surface area (Å²) in [5.41, 5.74) is -0.711. The van der Waals surface area contributed by atoms with Gasteiger partial charge in [0.15, 0.2) is 0 Å². The van der Waals surface area contributed by atoms with E-state index in [0.717, 1.165) is 12.8 Å². The number of rotatable bonds is 3. The summed E-state index contributed by atoms with van der Waals surface area (Å²) in [6, 6.07) is 0. The molecular weight excluding hydrogens is 224 g/mol. The summed E-state index contributed by atoms with van der Waals surface area (Å²) in [4.78, 5) is 14.7. The zero-order valence-electron chi connectivity index (χ0n) is 11.0. The molecule has 0 bridgehead atoms. The normalized spacial score (nSPS) is 28.4. The molecule has 1 atom stereocenters. The Labute approximate surface area is 102 Å². The lowest BCUT2D eigenvalue weighted by Crippen LogP contribution is -2.52. The highest BCUT2D eigenvalue weighted by Gasteiger charge is 2.41. The van der Waals surface area contributed by atoms with Crippen molar-refractivity contribution in [1.82, 2.24) is 5.06 Å². The molecule has 1 heterocycles. The van der Waals surface area contributed by atoms with Gasteiger partial charge in [0.1, 0.15) is 0 Å². The molecule has 6 heteroatoms. The highest BCUT2D eigenvalue weighted by molar-refractivity contribution is 4.92. The summed E-state index contributed by atoms with van der Waals surface area (Å²) in [6.45, 7) is 7.95. The van der Waals surface area contributed by atoms with Crippen LogP contribution >= 0.6 is 0 Å². The van der Waals surface area contributed by atoms with Gasteiger partial charge in [-0.1, -0.05) is 0 Å². The van der Waals surface area contributed by atoms with Crippen LogP contribution in [0.1, 0.15) is 47.0 Å². The fourth-order valence-electron chi connectivity index (χ4n) is 2.69. The second-order valence-electron chi connectivity index (χ2n) is 6.06. The van der Waals surface area contributed by atoms with Crippen molar-refractivity contribution in [2.75, 3.05) is 6.61 Å². The Hall–Kier alpha value is -0.880. The van der Waals surface area contributed by atoms with Gasteiger partial charge in [-0.05, 0) is 52.9 Å². The molecule has 1 aliphatic heterocycles. The van der Waals surface area contributed by atoms with Crippen molar-refractivity contribution in [2.45, 2.75) is 58.0 Å². The Morgan fingerprint density at radius 1 is 1.41 bits per heavy atom. The van der Waals surface area contributed by atoms with Crippen LogP contribution in [0.15, 0.2) is 0 Å². The average molecular weight is 246 g/mol. The van der Waals surface area contributed by atoms with Crippen molar-refractivity contribution < 1.29 is 15.1 Å². The summed E-state index contributed by atoms with van der Waals surface area (Å²) >= 11 is 0. The average Bonchev–Trinajstić information content (AvgIpc) is 2.26. The SMILES string of the molecule is CC1(C)CCC(CO[N+](=O)[O-])CC(C)(C)N1O. The molecule has 17 heavy (non-hydrogen) atoms. The van der Waals surface area contributed by atoms with Gasteiger partial charge >= 0.3 is 0 Å². The van der Waals surface area contributed by atoms with Gasteiger partial charge in [-0.2, -0.15) is 5.06 Å². The van der Waals surface area contributed by atoms with E-state index in [0.29, 0.717) is 6.42 Å². The first-order chi connectivity index (χ1) is 7.65. The minimum Gasteiger partial charge on any atom is -0.314 e. The van der Waals surface area contributed by atoms with E-state index < -0.39 is 10.6 Å². The quantitative estimate of drug-likeness (QED) is 0.610. The van der Waals surface area contributed by atoms with Crippen LogP contribution in [-0.2, 0) is 4.84 Å². The van der Waals surface area contributed by atoms with Gasteiger partial charge in [-0.25, -0.2) is 0 Å². The molecule has 1 rings (SSSR count). The molecule has 100 valence electrons. The van der Waals surface area contributed by atoms with Crippen molar-refractivity contribution in [1.29, 1.82) is 0 Å². The first-order valence-electron chi connectivity index (χ1n) is 5.92. The molecular formula is C11H22N2O4. The maximum Gasteiger partial charge on any atom is 0.294 e. The fourth-order valence-corrected chi connectivity index (χ4v) is 2.69. The summed E-state index contributed by atoms with van der Waals surface area (Å²) in [7, 11) is 0. The third-order valence-corrected chi connectivity index (χ3v) is 3.51. The summed E-state index contributed by atoms with van der Waals surface area (Å²) in [5.74, 6) is 0.104. The van der Waals surface area contributed by atoms with Crippen LogP contribution < -0.4 is 0 Å². The lowest BCUT2D eigenvalue weighted by Gasteiger charge is -2.42. The van der Waals surface area contributed by atoms with Crippen LogP contribution in [0.3, 0.4) is 0 Å². The van der Waals surface area contributed by atoms with Crippen LogP contribution in [-0.4, -0.2) is 33.0 Å². The maximum atomic E-state index is 10.2. The highest BCUT2D eigenvalue weighted by atomic mass is 16.9. The number of hydroxylamine groups is 2. The summed E-state index contributed by atoms with van der Waals surface area (Å²) < 4.78 is 0. The molecule has 1 fully saturated rings. The molecule has 0 aromatic heterocycles. The van der Waals surface area contributed by atoms with Crippen LogP contribution in [0.25, 0.3) is 0 Å². The highest BCUT2D eigenvalue weighted by Crippen LogP contribution is 2.37. The third kappa shape index (κ3) is 3.54. The Balaban J connectivity index is 2.71. The standard InChI is InChI=1S/C11H22N2O4/c1-10(2)6-5-9(8-17-13(15)16)7-11(3,4)12(10)14/h9,14H,5-8H2,1-4H3. The van der Waals surface area contributed by atoms with Gasteiger partial charge in [-0.15, -0.1) is 10.1 Å². The third-order valence-electron chi connectivity index (χ3n) is 3.51. The number of nitrogens with zero attached hydrogens (tertiary/aromatic N) is 2. The number of hydrogen-bond donors (Lipinski definition) is 1. The smallest absolute Gasteiger partial charge is 0.294 e. The van der Waals surface area contributed by atoms with Gasteiger partial charge in [-0.3, -0.25) is 0 Å². The largest absolute Gasteiger partial charge is 0.314 e. The van der Waals surface area contributed by atoms with Gasteiger partial charge in [0.05, 0.1) is 6.61 Å². The Morgan fingerprint density at radius 3 is 2.53 bits per heavy atom. The first kappa shape index (κ1) is 14.2. The van der Waals surface area contributed by atoms with E-state index in [1.54, 1.807) is 0 Å². The predicted octanol–water partition coefficient (Wildman–Crippen LogP) is 2.24. The second-order valence-corrected chi connectivity index (χ2v) is 6.06. The van der Waals surface area contributed by atoms with Crippen molar-refractivity contribution >= 4 is 0 Å². The summed E-state index contributed by atoms with van der Waals surface area (Å²) in [5, 5.41) is 21.0. The van der Waals surface area contributed by atoms with Crippen molar-refractivity contribution in [3.8, 4) is 0 Å². The molecule has 1 unspecified atom stereocenters. The zero-order chi connectivity index (χ0) is 13.3. The molecule has 0 saturated carbocycles. The van der Waals surface area contributed by atoms with Gasteiger partial charge < -0.3 is 10.0 Å². The van der Waals surface area contributed by atoms with E-state index in [2.05, 4.69) is 4.84 Å². The van der Waals surface area contributed by atoms with Crippen LogP contribution in [0.4, 0.5) is 0 Å². The molecule has 6 nitrogen and oxygen atoms in total. The van der Waals surface area contributed by atoms with Crippen LogP contribution in [0.2, 0.25) is 0 Å². The van der Waals surface area contributed by atoms with E-state index in [4.69, 9.17) is 0 Å². The van der Waals surface area contributed by atoms with E-state index in [-0.39, 0.29) is 18.1 Å². The minimum absolute atomic E-state index is 0.104. The molecule has 1 saturated heterocycles. The van der Waals surface area contributed by atoms with Gasteiger partial charge in [0.2, 0.25) is 0 Å². The molecule has 0 aromatic rings. The predicted molar refractivity (Wildman–Crippen MR) is 62.1 cm³/mol. The second kappa shape index (κ2) is 4.78. The lowest BCUT2D eigenvalue weighted by atomic mass is 9.90. The molecule has 0 aromatic carbocycles. The van der Waals surface area contributed by atoms with E-state index in [1.807, 2.05) is 27.7 Å². The first-order valence-corrected chi connectivity index (χ1v) is 5.92. The molecule has 1 aliphatic rings. The Morgan fingerprint density at radius 2 is 2.00 bits per heavy atom. The van der Waals surface area contributed by atoms with Crippen molar-refractivity contribution in [3.63, 3.8) is 0 Å². The minimum atomic E-state index is -0.750. The van der Waals surface area contributed by atoms with Crippen LogP contribution in [0, 0.1) is 16.0 Å². The van der Waals surface area contributed by atoms with Crippen LogP contribution in [0.5, 0.6) is 0 Å². The van der Waals surface area contributed by atoms with Gasteiger partial charge in [0.25, 0.3) is 5.09 Å². The monoisotopic (exact) mass is 246 g/mol. The van der Waals surface area contributed by atoms with E-state index in [1.165, 1.54) is 5.06 Å². The fraction of sp³-hybridized carbons (Fsp3) is 1.00. The molecule has 0 amide bonds. The molecule has 0 aliphatic carbocycles. The summed E-state index contributed by atoms with van der Waals surface area (Å²) in [6.07, 6.45) is 2.29. The van der Waals surface area contributed by atoms with E-state index in [9.17, 15) is 15.3 Å². The molecule has 0 radical (unpaired) electrons. The van der Waals surface area contributed by atoms with Gasteiger partial charge in [0, 0.05) is 11.1 Å². The van der Waals surface area contributed by atoms with Crippen molar-refractivity contribution in [3.05, 3.63) is 10.1 Å². The Bertz CT molecular complexity index is 291. The lowest BCUT2D eigenvalue weighted by molar-refractivity contribution is -0.759. The zero-order valence-corrected chi connectivity index (χ0v) is 11.0. The molecule has 0 spiro atoms.